The predicted molar refractivity (Wildman–Crippen MR) is 147 cm³/mol. The minimum atomic E-state index is 0. The van der Waals surface area contributed by atoms with Crippen LogP contribution in [-0.2, 0) is 11.3 Å². The second kappa shape index (κ2) is 13.7. The standard InChI is InChI=1S/C25H42N6O.HI/c1-3-26-25(29-22-8-7-13-30(19-22)23-9-5-4-6-10-23)28-17-21-11-12-27-24(16-21)31-14-15-32-20(2)18-31;/h11-12,16,20,22-23H,3-10,13-15,17-19H2,1-2H3,(H2,26,28,29);1H. The highest BCUT2D eigenvalue weighted by Gasteiger charge is 2.27. The van der Waals surface area contributed by atoms with Crippen molar-refractivity contribution in [3.8, 4) is 0 Å². The number of piperidine rings is 1. The molecule has 3 heterocycles. The van der Waals surface area contributed by atoms with Crippen LogP contribution in [-0.4, -0.2) is 73.4 Å². The number of hydrogen-bond acceptors (Lipinski definition) is 5. The Bertz CT molecular complexity index is 741. The number of nitrogens with one attached hydrogen (secondary N) is 2. The van der Waals surface area contributed by atoms with Crippen LogP contribution in [0.1, 0.15) is 64.4 Å². The zero-order valence-electron chi connectivity index (χ0n) is 20.5. The van der Waals surface area contributed by atoms with Crippen molar-refractivity contribution >= 4 is 35.8 Å². The van der Waals surface area contributed by atoms with E-state index < -0.39 is 0 Å². The van der Waals surface area contributed by atoms with Crippen LogP contribution >= 0.6 is 24.0 Å². The molecule has 2 unspecified atom stereocenters. The van der Waals surface area contributed by atoms with Gasteiger partial charge in [0.2, 0.25) is 0 Å². The van der Waals surface area contributed by atoms with Gasteiger partial charge in [0.15, 0.2) is 5.96 Å². The van der Waals surface area contributed by atoms with Gasteiger partial charge in [0.1, 0.15) is 5.82 Å². The van der Waals surface area contributed by atoms with Gasteiger partial charge >= 0.3 is 0 Å². The number of rotatable bonds is 6. The van der Waals surface area contributed by atoms with Crippen molar-refractivity contribution in [2.24, 2.45) is 4.99 Å². The Morgan fingerprint density at radius 1 is 1.15 bits per heavy atom. The summed E-state index contributed by atoms with van der Waals surface area (Å²) >= 11 is 0. The maximum Gasteiger partial charge on any atom is 0.191 e. The molecule has 33 heavy (non-hydrogen) atoms. The van der Waals surface area contributed by atoms with Crippen LogP contribution in [0.2, 0.25) is 0 Å². The number of pyridine rings is 1. The normalized spacial score (nSPS) is 25.4. The molecule has 0 bridgehead atoms. The number of nitrogens with zero attached hydrogens (tertiary/aromatic N) is 4. The van der Waals surface area contributed by atoms with Crippen molar-refractivity contribution in [3.05, 3.63) is 23.9 Å². The van der Waals surface area contributed by atoms with E-state index in [0.29, 0.717) is 12.6 Å². The van der Waals surface area contributed by atoms with Gasteiger partial charge in [0.25, 0.3) is 0 Å². The van der Waals surface area contributed by atoms with E-state index in [2.05, 4.69) is 51.4 Å². The van der Waals surface area contributed by atoms with Crippen molar-refractivity contribution in [1.29, 1.82) is 0 Å². The topological polar surface area (TPSA) is 65.0 Å². The first-order chi connectivity index (χ1) is 15.7. The van der Waals surface area contributed by atoms with Gasteiger partial charge in [0, 0.05) is 44.5 Å². The van der Waals surface area contributed by atoms with Crippen LogP contribution in [0.4, 0.5) is 5.82 Å². The number of aromatic nitrogens is 1. The third-order valence-corrected chi connectivity index (χ3v) is 7.02. The molecular weight excluding hydrogens is 527 g/mol. The summed E-state index contributed by atoms with van der Waals surface area (Å²) in [5.74, 6) is 1.96. The van der Waals surface area contributed by atoms with E-state index in [1.807, 2.05) is 6.20 Å². The Balaban J connectivity index is 0.00000306. The maximum absolute atomic E-state index is 5.67. The van der Waals surface area contributed by atoms with Gasteiger partial charge in [-0.3, -0.25) is 4.90 Å². The first-order valence-corrected chi connectivity index (χ1v) is 12.8. The van der Waals surface area contributed by atoms with Crippen LogP contribution in [0, 0.1) is 0 Å². The highest BCUT2D eigenvalue weighted by Crippen LogP contribution is 2.25. The highest BCUT2D eigenvalue weighted by molar-refractivity contribution is 14.0. The second-order valence-electron chi connectivity index (χ2n) is 9.62. The molecule has 3 aliphatic rings. The van der Waals surface area contributed by atoms with E-state index in [0.717, 1.165) is 50.6 Å². The summed E-state index contributed by atoms with van der Waals surface area (Å²) in [7, 11) is 0. The van der Waals surface area contributed by atoms with Gasteiger partial charge < -0.3 is 20.3 Å². The molecule has 1 aliphatic carbocycles. The summed E-state index contributed by atoms with van der Waals surface area (Å²) in [6.07, 6.45) is 11.7. The lowest BCUT2D eigenvalue weighted by atomic mass is 9.92. The van der Waals surface area contributed by atoms with E-state index in [1.165, 1.54) is 57.1 Å². The quantitative estimate of drug-likeness (QED) is 0.309. The third-order valence-electron chi connectivity index (χ3n) is 7.02. The molecule has 2 N–H and O–H groups in total. The Labute approximate surface area is 217 Å². The number of guanidine groups is 1. The minimum Gasteiger partial charge on any atom is -0.375 e. The van der Waals surface area contributed by atoms with Gasteiger partial charge in [-0.25, -0.2) is 9.98 Å². The Hall–Kier alpha value is -1.13. The number of likely N-dealkylation sites (tertiary alicyclic amines) is 1. The smallest absolute Gasteiger partial charge is 0.191 e. The molecule has 2 aliphatic heterocycles. The first-order valence-electron chi connectivity index (χ1n) is 12.8. The molecule has 0 amide bonds. The Kier molecular flexibility index (Phi) is 11.0. The molecule has 2 saturated heterocycles. The molecule has 7 nitrogen and oxygen atoms in total. The molecule has 8 heteroatoms. The van der Waals surface area contributed by atoms with Crippen molar-refractivity contribution in [3.63, 3.8) is 0 Å². The molecule has 186 valence electrons. The zero-order valence-corrected chi connectivity index (χ0v) is 22.8. The molecular formula is C25H43IN6O. The SMILES string of the molecule is CCNC(=NCc1ccnc(N2CCOC(C)C2)c1)NC1CCCN(C2CCCCC2)C1.I. The van der Waals surface area contributed by atoms with E-state index in [4.69, 9.17) is 9.73 Å². The molecule has 4 rings (SSSR count). The van der Waals surface area contributed by atoms with Crippen LogP contribution < -0.4 is 15.5 Å². The summed E-state index contributed by atoms with van der Waals surface area (Å²) < 4.78 is 5.67. The average molecular weight is 571 g/mol. The first kappa shape index (κ1) is 26.5. The van der Waals surface area contributed by atoms with Gasteiger partial charge in [-0.05, 0) is 63.8 Å². The lowest BCUT2D eigenvalue weighted by Gasteiger charge is -2.40. The number of morpholine rings is 1. The van der Waals surface area contributed by atoms with Crippen LogP contribution in [0.25, 0.3) is 0 Å². The molecule has 2 atom stereocenters. The van der Waals surface area contributed by atoms with Crippen molar-refractivity contribution in [2.75, 3.05) is 44.2 Å². The van der Waals surface area contributed by atoms with Gasteiger partial charge in [-0.1, -0.05) is 19.3 Å². The number of ether oxygens (including phenoxy) is 1. The van der Waals surface area contributed by atoms with E-state index in [9.17, 15) is 0 Å². The molecule has 1 aromatic rings. The summed E-state index contributed by atoms with van der Waals surface area (Å²) in [6, 6.07) is 5.53. The summed E-state index contributed by atoms with van der Waals surface area (Å²) in [5.41, 5.74) is 1.19. The van der Waals surface area contributed by atoms with E-state index >= 15 is 0 Å². The summed E-state index contributed by atoms with van der Waals surface area (Å²) in [6.45, 7) is 10.7. The van der Waals surface area contributed by atoms with Crippen molar-refractivity contribution < 1.29 is 4.74 Å². The number of aliphatic imine (C=N–C) groups is 1. The third kappa shape index (κ3) is 7.96. The lowest BCUT2D eigenvalue weighted by molar-refractivity contribution is 0.0529. The van der Waals surface area contributed by atoms with Crippen LogP contribution in [0.5, 0.6) is 0 Å². The highest BCUT2D eigenvalue weighted by atomic mass is 127. The second-order valence-corrected chi connectivity index (χ2v) is 9.62. The van der Waals surface area contributed by atoms with Crippen LogP contribution in [0.3, 0.4) is 0 Å². The number of anilines is 1. The molecule has 0 aromatic carbocycles. The number of halogens is 1. The van der Waals surface area contributed by atoms with E-state index in [-0.39, 0.29) is 30.1 Å². The largest absolute Gasteiger partial charge is 0.375 e. The number of hydrogen-bond donors (Lipinski definition) is 2. The summed E-state index contributed by atoms with van der Waals surface area (Å²) in [4.78, 5) is 14.6. The van der Waals surface area contributed by atoms with Gasteiger partial charge in [0.05, 0.1) is 19.3 Å². The monoisotopic (exact) mass is 570 g/mol. The molecule has 1 saturated carbocycles. The van der Waals surface area contributed by atoms with E-state index in [1.54, 1.807) is 0 Å². The zero-order chi connectivity index (χ0) is 22.2. The fourth-order valence-corrected chi connectivity index (χ4v) is 5.34. The van der Waals surface area contributed by atoms with Gasteiger partial charge in [-0.2, -0.15) is 0 Å². The molecule has 1 aromatic heterocycles. The molecule has 0 spiro atoms. The van der Waals surface area contributed by atoms with Crippen molar-refractivity contribution in [1.82, 2.24) is 20.5 Å². The Morgan fingerprint density at radius 2 is 2.00 bits per heavy atom. The Morgan fingerprint density at radius 3 is 2.79 bits per heavy atom. The fourth-order valence-electron chi connectivity index (χ4n) is 5.34. The summed E-state index contributed by atoms with van der Waals surface area (Å²) in [5, 5.41) is 7.19. The maximum atomic E-state index is 5.67. The van der Waals surface area contributed by atoms with Crippen molar-refractivity contribution in [2.45, 2.75) is 83.5 Å². The van der Waals surface area contributed by atoms with Crippen LogP contribution in [0.15, 0.2) is 23.3 Å². The molecule has 3 fully saturated rings. The average Bonchev–Trinajstić information content (AvgIpc) is 2.84. The predicted octanol–water partition coefficient (Wildman–Crippen LogP) is 3.78. The van der Waals surface area contributed by atoms with Gasteiger partial charge in [-0.15, -0.1) is 24.0 Å². The molecule has 0 radical (unpaired) electrons. The fraction of sp³-hybridized carbons (Fsp3) is 0.760. The minimum absolute atomic E-state index is 0. The lowest BCUT2D eigenvalue weighted by Crippen LogP contribution is -2.53.